The van der Waals surface area contributed by atoms with Crippen molar-refractivity contribution in [2.75, 3.05) is 5.32 Å². The molecular formula is C13H14N4O2. The third-order valence-electron chi connectivity index (χ3n) is 3.24. The van der Waals surface area contributed by atoms with Gasteiger partial charge >= 0.3 is 0 Å². The Hall–Kier alpha value is -2.37. The van der Waals surface area contributed by atoms with E-state index >= 15 is 0 Å². The molecule has 0 amide bonds. The summed E-state index contributed by atoms with van der Waals surface area (Å²) in [4.78, 5) is 14.3. The first-order valence-electron chi connectivity index (χ1n) is 6.23. The van der Waals surface area contributed by atoms with Crippen LogP contribution in [-0.2, 0) is 6.54 Å². The highest BCUT2D eigenvalue weighted by molar-refractivity contribution is 5.48. The monoisotopic (exact) mass is 258 g/mol. The summed E-state index contributed by atoms with van der Waals surface area (Å²) in [7, 11) is 0. The Kier molecular flexibility index (Phi) is 2.91. The number of imidazole rings is 1. The number of benzene rings is 1. The lowest BCUT2D eigenvalue weighted by molar-refractivity contribution is -0.384. The van der Waals surface area contributed by atoms with E-state index in [1.165, 1.54) is 25.0 Å². The van der Waals surface area contributed by atoms with Gasteiger partial charge in [-0.2, -0.15) is 0 Å². The maximum atomic E-state index is 10.6. The minimum Gasteiger partial charge on any atom is -0.379 e. The number of non-ortho nitro benzene ring substituents is 1. The zero-order valence-corrected chi connectivity index (χ0v) is 10.3. The van der Waals surface area contributed by atoms with E-state index in [0.717, 1.165) is 11.4 Å². The number of nitrogens with zero attached hydrogens (tertiary/aromatic N) is 3. The van der Waals surface area contributed by atoms with E-state index < -0.39 is 4.92 Å². The fourth-order valence-corrected chi connectivity index (χ4v) is 2.04. The van der Waals surface area contributed by atoms with Crippen LogP contribution in [0.3, 0.4) is 0 Å². The van der Waals surface area contributed by atoms with Gasteiger partial charge in [-0.3, -0.25) is 10.1 Å². The molecule has 98 valence electrons. The molecule has 0 radical (unpaired) electrons. The van der Waals surface area contributed by atoms with Crippen molar-refractivity contribution in [2.45, 2.75) is 25.4 Å². The number of hydrogen-bond donors (Lipinski definition) is 1. The van der Waals surface area contributed by atoms with Crippen LogP contribution in [0.2, 0.25) is 0 Å². The molecule has 1 aliphatic rings. The van der Waals surface area contributed by atoms with Crippen LogP contribution in [0, 0.1) is 10.1 Å². The van der Waals surface area contributed by atoms with Crippen molar-refractivity contribution < 1.29 is 4.92 Å². The van der Waals surface area contributed by atoms with E-state index in [9.17, 15) is 10.1 Å². The molecule has 0 spiro atoms. The lowest BCUT2D eigenvalue weighted by Gasteiger charge is -2.08. The molecule has 6 nitrogen and oxygen atoms in total. The minimum atomic E-state index is -0.397. The zero-order valence-electron chi connectivity index (χ0n) is 10.3. The summed E-state index contributed by atoms with van der Waals surface area (Å²) < 4.78 is 2.19. The summed E-state index contributed by atoms with van der Waals surface area (Å²) in [6, 6.07) is 7.05. The standard InChI is InChI=1S/C13H14N4O2/c18-17(19)12-3-1-10(2-4-12)15-8-13-7-14-9-16(13)11-5-6-11/h1-4,7,9,11,15H,5-6,8H2. The smallest absolute Gasteiger partial charge is 0.269 e. The average Bonchev–Trinajstić information content (AvgIpc) is 3.16. The van der Waals surface area contributed by atoms with E-state index in [4.69, 9.17) is 0 Å². The number of aromatic nitrogens is 2. The van der Waals surface area contributed by atoms with Gasteiger partial charge in [0.1, 0.15) is 0 Å². The molecule has 1 saturated carbocycles. The molecule has 0 unspecified atom stereocenters. The van der Waals surface area contributed by atoms with Crippen molar-refractivity contribution in [3.05, 3.63) is 52.6 Å². The van der Waals surface area contributed by atoms with Gasteiger partial charge in [0.2, 0.25) is 0 Å². The molecule has 1 fully saturated rings. The summed E-state index contributed by atoms with van der Waals surface area (Å²) >= 11 is 0. The molecule has 1 N–H and O–H groups in total. The summed E-state index contributed by atoms with van der Waals surface area (Å²) in [6.45, 7) is 0.675. The van der Waals surface area contributed by atoms with Crippen LogP contribution >= 0.6 is 0 Å². The summed E-state index contributed by atoms with van der Waals surface area (Å²) in [5.74, 6) is 0. The fourth-order valence-electron chi connectivity index (χ4n) is 2.04. The third-order valence-corrected chi connectivity index (χ3v) is 3.24. The number of nitro benzene ring substituents is 1. The largest absolute Gasteiger partial charge is 0.379 e. The minimum absolute atomic E-state index is 0.105. The van der Waals surface area contributed by atoms with Crippen LogP contribution in [0.25, 0.3) is 0 Å². The Bertz CT molecular complexity index is 587. The van der Waals surface area contributed by atoms with Crippen LogP contribution in [0.5, 0.6) is 0 Å². The molecular weight excluding hydrogens is 244 g/mol. The summed E-state index contributed by atoms with van der Waals surface area (Å²) in [5.41, 5.74) is 2.11. The number of hydrogen-bond acceptors (Lipinski definition) is 4. The van der Waals surface area contributed by atoms with Crippen LogP contribution in [0.1, 0.15) is 24.6 Å². The van der Waals surface area contributed by atoms with Crippen molar-refractivity contribution in [3.8, 4) is 0 Å². The van der Waals surface area contributed by atoms with Gasteiger partial charge in [-0.05, 0) is 25.0 Å². The van der Waals surface area contributed by atoms with Crippen LogP contribution in [0.4, 0.5) is 11.4 Å². The lowest BCUT2D eigenvalue weighted by Crippen LogP contribution is -2.05. The molecule has 6 heteroatoms. The molecule has 19 heavy (non-hydrogen) atoms. The second kappa shape index (κ2) is 4.72. The van der Waals surface area contributed by atoms with Crippen molar-refractivity contribution in [3.63, 3.8) is 0 Å². The Labute approximate surface area is 110 Å². The van der Waals surface area contributed by atoms with Crippen LogP contribution in [0.15, 0.2) is 36.8 Å². The first-order chi connectivity index (χ1) is 9.24. The fraction of sp³-hybridized carbons (Fsp3) is 0.308. The molecule has 1 aromatic heterocycles. The molecule has 1 heterocycles. The van der Waals surface area contributed by atoms with Crippen LogP contribution < -0.4 is 5.32 Å². The number of anilines is 1. The molecule has 0 aliphatic heterocycles. The molecule has 0 saturated heterocycles. The highest BCUT2D eigenvalue weighted by atomic mass is 16.6. The maximum absolute atomic E-state index is 10.6. The molecule has 1 aromatic carbocycles. The predicted octanol–water partition coefficient (Wildman–Crippen LogP) is 2.74. The van der Waals surface area contributed by atoms with Crippen LogP contribution in [-0.4, -0.2) is 14.5 Å². The molecule has 0 bridgehead atoms. The maximum Gasteiger partial charge on any atom is 0.269 e. The molecule has 2 aromatic rings. The van der Waals surface area contributed by atoms with Gasteiger partial charge in [-0.15, -0.1) is 0 Å². The van der Waals surface area contributed by atoms with Gasteiger partial charge in [0, 0.05) is 30.1 Å². The molecule has 3 rings (SSSR count). The number of nitrogens with one attached hydrogen (secondary N) is 1. The van der Waals surface area contributed by atoms with Gasteiger partial charge in [0.25, 0.3) is 5.69 Å². The third kappa shape index (κ3) is 2.57. The van der Waals surface area contributed by atoms with E-state index in [2.05, 4.69) is 14.9 Å². The first-order valence-corrected chi connectivity index (χ1v) is 6.23. The van der Waals surface area contributed by atoms with Gasteiger partial charge < -0.3 is 9.88 Å². The van der Waals surface area contributed by atoms with E-state index in [1.807, 2.05) is 12.5 Å². The SMILES string of the molecule is O=[N+]([O-])c1ccc(NCc2cncn2C2CC2)cc1. The topological polar surface area (TPSA) is 73.0 Å². The van der Waals surface area contributed by atoms with Gasteiger partial charge in [0.05, 0.1) is 23.5 Å². The number of rotatable bonds is 5. The van der Waals surface area contributed by atoms with Crippen molar-refractivity contribution >= 4 is 11.4 Å². The van der Waals surface area contributed by atoms with E-state index in [1.54, 1.807) is 12.1 Å². The quantitative estimate of drug-likeness (QED) is 0.661. The van der Waals surface area contributed by atoms with Gasteiger partial charge in [0.15, 0.2) is 0 Å². The Morgan fingerprint density at radius 1 is 1.37 bits per heavy atom. The van der Waals surface area contributed by atoms with Gasteiger partial charge in [-0.1, -0.05) is 0 Å². The van der Waals surface area contributed by atoms with Crippen molar-refractivity contribution in [1.29, 1.82) is 0 Å². The summed E-state index contributed by atoms with van der Waals surface area (Å²) in [5, 5.41) is 13.8. The number of nitro groups is 1. The highest BCUT2D eigenvalue weighted by Gasteiger charge is 2.24. The Morgan fingerprint density at radius 2 is 2.11 bits per heavy atom. The predicted molar refractivity (Wildman–Crippen MR) is 70.9 cm³/mol. The Balaban J connectivity index is 1.65. The zero-order chi connectivity index (χ0) is 13.2. The Morgan fingerprint density at radius 3 is 2.74 bits per heavy atom. The van der Waals surface area contributed by atoms with E-state index in [-0.39, 0.29) is 5.69 Å². The second-order valence-electron chi connectivity index (χ2n) is 4.68. The second-order valence-corrected chi connectivity index (χ2v) is 4.68. The average molecular weight is 258 g/mol. The van der Waals surface area contributed by atoms with E-state index in [0.29, 0.717) is 12.6 Å². The van der Waals surface area contributed by atoms with Crippen molar-refractivity contribution in [1.82, 2.24) is 9.55 Å². The summed E-state index contributed by atoms with van der Waals surface area (Å²) in [6.07, 6.45) is 6.17. The molecule has 1 aliphatic carbocycles. The first kappa shape index (κ1) is 11.7. The van der Waals surface area contributed by atoms with Gasteiger partial charge in [-0.25, -0.2) is 4.98 Å². The lowest BCUT2D eigenvalue weighted by atomic mass is 10.3. The highest BCUT2D eigenvalue weighted by Crippen LogP contribution is 2.35. The van der Waals surface area contributed by atoms with Crippen molar-refractivity contribution in [2.24, 2.45) is 0 Å². The molecule has 0 atom stereocenters. The normalized spacial score (nSPS) is 14.3.